The topological polar surface area (TPSA) is 72.3 Å². The highest BCUT2D eigenvalue weighted by molar-refractivity contribution is 7.18. The normalized spacial score (nSPS) is 12.3. The van der Waals surface area contributed by atoms with Crippen molar-refractivity contribution in [1.29, 1.82) is 0 Å². The maximum Gasteiger partial charge on any atom is 0.161 e. The number of thiazole rings is 1. The third-order valence-corrected chi connectivity index (χ3v) is 5.94. The third-order valence-electron chi connectivity index (χ3n) is 4.92. The van der Waals surface area contributed by atoms with E-state index in [0.717, 1.165) is 50.8 Å². The van der Waals surface area contributed by atoms with Gasteiger partial charge in [-0.15, -0.1) is 0 Å². The number of ether oxygens (including phenoxy) is 1. The van der Waals surface area contributed by atoms with Crippen LogP contribution in [0.25, 0.3) is 10.3 Å². The minimum absolute atomic E-state index is 0.686. The molecule has 1 aliphatic heterocycles. The van der Waals surface area contributed by atoms with Crippen LogP contribution in [0, 0.1) is 0 Å². The SMILES string of the molecule is COc1cc2c(cc1Nc1ncnc3sc(CCc4ccccc4)nc13)C=NC2. The van der Waals surface area contributed by atoms with Crippen molar-refractivity contribution in [1.82, 2.24) is 15.0 Å². The Morgan fingerprint density at radius 3 is 2.86 bits per heavy atom. The maximum absolute atomic E-state index is 5.57. The van der Waals surface area contributed by atoms with Gasteiger partial charge in [0.1, 0.15) is 22.4 Å². The number of nitrogens with zero attached hydrogens (tertiary/aromatic N) is 4. The molecule has 7 heteroatoms. The number of fused-ring (bicyclic) bond motifs is 2. The molecule has 3 heterocycles. The number of hydrogen-bond acceptors (Lipinski definition) is 7. The number of benzene rings is 2. The molecule has 0 spiro atoms. The van der Waals surface area contributed by atoms with E-state index in [1.807, 2.05) is 24.4 Å². The molecule has 0 unspecified atom stereocenters. The fourth-order valence-corrected chi connectivity index (χ4v) is 4.33. The molecule has 0 aliphatic carbocycles. The number of aromatic nitrogens is 3. The first kappa shape index (κ1) is 17.8. The van der Waals surface area contributed by atoms with Crippen molar-refractivity contribution in [3.63, 3.8) is 0 Å². The lowest BCUT2D eigenvalue weighted by molar-refractivity contribution is 0.416. The summed E-state index contributed by atoms with van der Waals surface area (Å²) in [7, 11) is 1.67. The van der Waals surface area contributed by atoms with Crippen LogP contribution in [0.3, 0.4) is 0 Å². The van der Waals surface area contributed by atoms with Crippen molar-refractivity contribution < 1.29 is 4.74 Å². The van der Waals surface area contributed by atoms with Gasteiger partial charge in [0.25, 0.3) is 0 Å². The molecule has 6 nitrogen and oxygen atoms in total. The quantitative estimate of drug-likeness (QED) is 0.513. The average molecular weight is 401 g/mol. The predicted molar refractivity (Wildman–Crippen MR) is 117 cm³/mol. The van der Waals surface area contributed by atoms with E-state index in [1.54, 1.807) is 24.8 Å². The summed E-state index contributed by atoms with van der Waals surface area (Å²) in [6, 6.07) is 14.5. The third kappa shape index (κ3) is 3.56. The Bertz CT molecular complexity index is 1200. The second-order valence-electron chi connectivity index (χ2n) is 6.82. The summed E-state index contributed by atoms with van der Waals surface area (Å²) in [6.07, 6.45) is 5.29. The molecule has 0 bridgehead atoms. The number of aryl methyl sites for hydroxylation is 2. The van der Waals surface area contributed by atoms with E-state index >= 15 is 0 Å². The lowest BCUT2D eigenvalue weighted by atomic mass is 10.1. The van der Waals surface area contributed by atoms with Gasteiger partial charge in [-0.05, 0) is 35.2 Å². The molecule has 2 aromatic carbocycles. The van der Waals surface area contributed by atoms with Crippen LogP contribution in [0.1, 0.15) is 21.7 Å². The summed E-state index contributed by atoms with van der Waals surface area (Å²) in [4.78, 5) is 18.9. The molecular weight excluding hydrogens is 382 g/mol. The number of methoxy groups -OCH3 is 1. The van der Waals surface area contributed by atoms with Gasteiger partial charge < -0.3 is 10.1 Å². The Morgan fingerprint density at radius 1 is 1.10 bits per heavy atom. The Kier molecular flexibility index (Phi) is 4.65. The summed E-state index contributed by atoms with van der Waals surface area (Å²) in [5.74, 6) is 1.45. The van der Waals surface area contributed by atoms with E-state index in [9.17, 15) is 0 Å². The summed E-state index contributed by atoms with van der Waals surface area (Å²) >= 11 is 1.62. The van der Waals surface area contributed by atoms with Crippen molar-refractivity contribution >= 4 is 39.4 Å². The fraction of sp³-hybridized carbons (Fsp3) is 0.182. The number of nitrogens with one attached hydrogen (secondary N) is 1. The molecule has 0 fully saturated rings. The molecule has 1 N–H and O–H groups in total. The van der Waals surface area contributed by atoms with Gasteiger partial charge in [0.15, 0.2) is 5.82 Å². The van der Waals surface area contributed by atoms with Gasteiger partial charge in [-0.1, -0.05) is 41.7 Å². The Morgan fingerprint density at radius 2 is 2.00 bits per heavy atom. The molecule has 0 radical (unpaired) electrons. The highest BCUT2D eigenvalue weighted by atomic mass is 32.1. The fourth-order valence-electron chi connectivity index (χ4n) is 3.42. The van der Waals surface area contributed by atoms with Crippen molar-refractivity contribution in [2.45, 2.75) is 19.4 Å². The molecule has 0 atom stereocenters. The van der Waals surface area contributed by atoms with Crippen molar-refractivity contribution in [3.8, 4) is 5.75 Å². The van der Waals surface area contributed by atoms with E-state index in [2.05, 4.69) is 44.5 Å². The smallest absolute Gasteiger partial charge is 0.161 e. The molecule has 0 saturated heterocycles. The van der Waals surface area contributed by atoms with Crippen molar-refractivity contribution in [3.05, 3.63) is 70.5 Å². The van der Waals surface area contributed by atoms with Crippen LogP contribution in [-0.4, -0.2) is 28.3 Å². The molecule has 144 valence electrons. The van der Waals surface area contributed by atoms with E-state index < -0.39 is 0 Å². The largest absolute Gasteiger partial charge is 0.495 e. The first-order chi connectivity index (χ1) is 14.3. The van der Waals surface area contributed by atoms with Crippen LogP contribution in [0.4, 0.5) is 11.5 Å². The molecule has 29 heavy (non-hydrogen) atoms. The molecule has 2 aromatic heterocycles. The van der Waals surface area contributed by atoms with Crippen LogP contribution < -0.4 is 10.1 Å². The summed E-state index contributed by atoms with van der Waals surface area (Å²) in [6.45, 7) is 0.695. The van der Waals surface area contributed by atoms with E-state index in [4.69, 9.17) is 9.72 Å². The van der Waals surface area contributed by atoms with Gasteiger partial charge in [-0.3, -0.25) is 4.99 Å². The molecule has 1 aliphatic rings. The van der Waals surface area contributed by atoms with Gasteiger partial charge in [0, 0.05) is 12.6 Å². The van der Waals surface area contributed by atoms with Crippen molar-refractivity contribution in [2.24, 2.45) is 4.99 Å². The molecule has 4 aromatic rings. The zero-order valence-corrected chi connectivity index (χ0v) is 16.7. The Hall–Kier alpha value is -3.32. The number of anilines is 2. The second-order valence-corrected chi connectivity index (χ2v) is 7.88. The van der Waals surface area contributed by atoms with Crippen LogP contribution >= 0.6 is 11.3 Å². The molecule has 0 saturated carbocycles. The number of aliphatic imine (C=N–C) groups is 1. The second kappa shape index (κ2) is 7.60. The average Bonchev–Trinajstić information content (AvgIpc) is 3.39. The first-order valence-electron chi connectivity index (χ1n) is 9.42. The van der Waals surface area contributed by atoms with Crippen LogP contribution in [-0.2, 0) is 19.4 Å². The first-order valence-corrected chi connectivity index (χ1v) is 10.2. The van der Waals surface area contributed by atoms with Crippen molar-refractivity contribution in [2.75, 3.05) is 12.4 Å². The molecule has 0 amide bonds. The Labute approximate surface area is 172 Å². The zero-order chi connectivity index (χ0) is 19.6. The molecule has 5 rings (SSSR count). The lowest BCUT2D eigenvalue weighted by Gasteiger charge is -2.12. The maximum atomic E-state index is 5.57. The Balaban J connectivity index is 1.44. The summed E-state index contributed by atoms with van der Waals surface area (Å²) in [5, 5.41) is 4.45. The van der Waals surface area contributed by atoms with Gasteiger partial charge in [0.2, 0.25) is 0 Å². The van der Waals surface area contributed by atoms with Gasteiger partial charge in [0.05, 0.1) is 24.3 Å². The van der Waals surface area contributed by atoms with E-state index in [-0.39, 0.29) is 0 Å². The summed E-state index contributed by atoms with van der Waals surface area (Å²) in [5.41, 5.74) is 5.20. The molecular formula is C22H19N5OS. The van der Waals surface area contributed by atoms with E-state index in [1.165, 1.54) is 5.56 Å². The van der Waals surface area contributed by atoms with Gasteiger partial charge in [-0.2, -0.15) is 0 Å². The lowest BCUT2D eigenvalue weighted by Crippen LogP contribution is -2.00. The standard InChI is InChI=1S/C22H19N5OS/c1-28-18-10-16-12-23-11-15(16)9-17(18)26-21-20-22(25-13-24-21)29-19(27-20)8-7-14-5-3-2-4-6-14/h2-6,9-11,13H,7-8,12H2,1H3,(H,24,25,26). The highest BCUT2D eigenvalue weighted by Crippen LogP contribution is 2.34. The van der Waals surface area contributed by atoms with Gasteiger partial charge >= 0.3 is 0 Å². The van der Waals surface area contributed by atoms with Gasteiger partial charge in [-0.25, -0.2) is 15.0 Å². The number of rotatable bonds is 6. The predicted octanol–water partition coefficient (Wildman–Crippen LogP) is 4.56. The van der Waals surface area contributed by atoms with Crippen LogP contribution in [0.15, 0.2) is 53.8 Å². The number of hydrogen-bond donors (Lipinski definition) is 1. The monoisotopic (exact) mass is 401 g/mol. The minimum Gasteiger partial charge on any atom is -0.495 e. The van der Waals surface area contributed by atoms with Crippen LogP contribution in [0.2, 0.25) is 0 Å². The highest BCUT2D eigenvalue weighted by Gasteiger charge is 2.16. The minimum atomic E-state index is 0.686. The van der Waals surface area contributed by atoms with E-state index in [0.29, 0.717) is 12.4 Å². The van der Waals surface area contributed by atoms with Crippen LogP contribution in [0.5, 0.6) is 5.75 Å². The summed E-state index contributed by atoms with van der Waals surface area (Å²) < 4.78 is 5.57. The zero-order valence-electron chi connectivity index (χ0n) is 15.9.